The number of oxime groups is 1. The molecule has 4 heteroatoms. The fourth-order valence-electron chi connectivity index (χ4n) is 2.61. The quantitative estimate of drug-likeness (QED) is 0.372. The van der Waals surface area contributed by atoms with Crippen molar-refractivity contribution < 1.29 is 5.21 Å². The maximum atomic E-state index is 8.81. The zero-order chi connectivity index (χ0) is 13.1. The Morgan fingerprint density at radius 3 is 3.00 bits per heavy atom. The monoisotopic (exact) mass is 247 g/mol. The highest BCUT2D eigenvalue weighted by Gasteiger charge is 2.28. The van der Waals surface area contributed by atoms with Crippen LogP contribution in [0.5, 0.6) is 0 Å². The van der Waals surface area contributed by atoms with E-state index in [2.05, 4.69) is 42.1 Å². The van der Waals surface area contributed by atoms with E-state index in [1.165, 1.54) is 16.7 Å². The van der Waals surface area contributed by atoms with Crippen molar-refractivity contribution in [2.75, 3.05) is 6.54 Å². The Hall–Kier alpha value is -1.55. The minimum Gasteiger partial charge on any atom is -0.409 e. The van der Waals surface area contributed by atoms with Crippen LogP contribution in [-0.2, 0) is 6.54 Å². The zero-order valence-corrected chi connectivity index (χ0v) is 11.1. The topological polar surface area (TPSA) is 61.8 Å². The van der Waals surface area contributed by atoms with Gasteiger partial charge in [0.05, 0.1) is 6.04 Å². The summed E-state index contributed by atoms with van der Waals surface area (Å²) in [5.41, 5.74) is 9.65. The van der Waals surface area contributed by atoms with Gasteiger partial charge in [0, 0.05) is 6.54 Å². The van der Waals surface area contributed by atoms with Gasteiger partial charge in [0.1, 0.15) is 0 Å². The predicted molar refractivity (Wildman–Crippen MR) is 72.8 cm³/mol. The van der Waals surface area contributed by atoms with Crippen LogP contribution in [0.1, 0.15) is 29.5 Å². The second kappa shape index (κ2) is 5.40. The molecule has 3 N–H and O–H groups in total. The lowest BCUT2D eigenvalue weighted by Crippen LogP contribution is -2.40. The van der Waals surface area contributed by atoms with Gasteiger partial charge >= 0.3 is 0 Å². The van der Waals surface area contributed by atoms with E-state index in [1.54, 1.807) is 0 Å². The van der Waals surface area contributed by atoms with Crippen LogP contribution in [0, 0.1) is 13.8 Å². The van der Waals surface area contributed by atoms with Crippen LogP contribution in [0.15, 0.2) is 23.4 Å². The van der Waals surface area contributed by atoms with E-state index in [9.17, 15) is 0 Å². The third-order valence-corrected chi connectivity index (χ3v) is 3.70. The molecule has 0 aromatic heterocycles. The number of hydrogen-bond donors (Lipinski definition) is 2. The zero-order valence-electron chi connectivity index (χ0n) is 11.1. The van der Waals surface area contributed by atoms with Crippen molar-refractivity contribution in [2.45, 2.75) is 39.3 Å². The molecule has 0 bridgehead atoms. The number of nitrogens with two attached hydrogens (primary N) is 1. The Kier molecular flexibility index (Phi) is 3.87. The average Bonchev–Trinajstić information content (AvgIpc) is 2.81. The summed E-state index contributed by atoms with van der Waals surface area (Å²) >= 11 is 0. The molecule has 1 aliphatic rings. The first-order valence-electron chi connectivity index (χ1n) is 6.39. The molecule has 18 heavy (non-hydrogen) atoms. The van der Waals surface area contributed by atoms with E-state index < -0.39 is 0 Å². The number of aryl methyl sites for hydroxylation is 2. The highest BCUT2D eigenvalue weighted by molar-refractivity contribution is 5.85. The first kappa shape index (κ1) is 12.9. The minimum absolute atomic E-state index is 0.0786. The molecule has 0 radical (unpaired) electrons. The number of rotatable bonds is 3. The molecular formula is C14H21N3O. The van der Waals surface area contributed by atoms with Crippen LogP contribution in [0.2, 0.25) is 0 Å². The van der Waals surface area contributed by atoms with Crippen molar-refractivity contribution >= 4 is 5.84 Å². The van der Waals surface area contributed by atoms with Crippen molar-refractivity contribution in [1.29, 1.82) is 0 Å². The summed E-state index contributed by atoms with van der Waals surface area (Å²) in [4.78, 5) is 2.29. The van der Waals surface area contributed by atoms with Crippen molar-refractivity contribution in [1.82, 2.24) is 4.90 Å². The van der Waals surface area contributed by atoms with Gasteiger partial charge in [0.2, 0.25) is 0 Å². The van der Waals surface area contributed by atoms with Crippen LogP contribution in [0.4, 0.5) is 0 Å². The minimum atomic E-state index is 0.0786. The highest BCUT2D eigenvalue weighted by atomic mass is 16.4. The molecule has 1 saturated heterocycles. The maximum absolute atomic E-state index is 8.81. The fraction of sp³-hybridized carbons (Fsp3) is 0.500. The molecular weight excluding hydrogens is 226 g/mol. The molecule has 4 nitrogen and oxygen atoms in total. The van der Waals surface area contributed by atoms with Crippen LogP contribution >= 0.6 is 0 Å². The average molecular weight is 247 g/mol. The number of nitrogens with zero attached hydrogens (tertiary/aromatic N) is 2. The molecule has 2 rings (SSSR count). The van der Waals surface area contributed by atoms with Crippen LogP contribution in [0.3, 0.4) is 0 Å². The number of amidine groups is 1. The SMILES string of the molecule is Cc1ccc(C)c(CN2CCCC2C(N)=NO)c1. The Morgan fingerprint density at radius 2 is 2.28 bits per heavy atom. The summed E-state index contributed by atoms with van der Waals surface area (Å²) in [7, 11) is 0. The van der Waals surface area contributed by atoms with Gasteiger partial charge in [-0.25, -0.2) is 0 Å². The van der Waals surface area contributed by atoms with Gasteiger partial charge in [-0.2, -0.15) is 0 Å². The summed E-state index contributed by atoms with van der Waals surface area (Å²) in [6, 6.07) is 6.58. The van der Waals surface area contributed by atoms with E-state index >= 15 is 0 Å². The lowest BCUT2D eigenvalue weighted by atomic mass is 10.0. The van der Waals surface area contributed by atoms with Crippen molar-refractivity contribution in [3.8, 4) is 0 Å². The second-order valence-electron chi connectivity index (χ2n) is 5.08. The van der Waals surface area contributed by atoms with Crippen LogP contribution < -0.4 is 5.73 Å². The third kappa shape index (κ3) is 2.64. The molecule has 1 aliphatic heterocycles. The smallest absolute Gasteiger partial charge is 0.156 e. The molecule has 98 valence electrons. The first-order valence-corrected chi connectivity index (χ1v) is 6.39. The van der Waals surface area contributed by atoms with E-state index in [0.29, 0.717) is 5.84 Å². The fourth-order valence-corrected chi connectivity index (χ4v) is 2.61. The van der Waals surface area contributed by atoms with Gasteiger partial charge in [-0.1, -0.05) is 28.9 Å². The van der Waals surface area contributed by atoms with Crippen molar-refractivity contribution in [3.63, 3.8) is 0 Å². The lowest BCUT2D eigenvalue weighted by molar-refractivity contribution is 0.274. The van der Waals surface area contributed by atoms with Gasteiger partial charge in [0.25, 0.3) is 0 Å². The predicted octanol–water partition coefficient (Wildman–Crippen LogP) is 2.01. The summed E-state index contributed by atoms with van der Waals surface area (Å²) in [5.74, 6) is 0.331. The molecule has 1 aromatic carbocycles. The second-order valence-corrected chi connectivity index (χ2v) is 5.08. The first-order chi connectivity index (χ1) is 8.61. The van der Waals surface area contributed by atoms with Gasteiger partial charge in [0.15, 0.2) is 5.84 Å². The summed E-state index contributed by atoms with van der Waals surface area (Å²) < 4.78 is 0. The van der Waals surface area contributed by atoms with Gasteiger partial charge in [-0.15, -0.1) is 0 Å². The van der Waals surface area contributed by atoms with Gasteiger partial charge in [-0.3, -0.25) is 4.90 Å². The molecule has 1 atom stereocenters. The Bertz CT molecular complexity index is 456. The van der Waals surface area contributed by atoms with E-state index in [-0.39, 0.29) is 6.04 Å². The molecule has 0 saturated carbocycles. The molecule has 0 amide bonds. The maximum Gasteiger partial charge on any atom is 0.156 e. The van der Waals surface area contributed by atoms with Gasteiger partial charge in [-0.05, 0) is 44.4 Å². The molecule has 1 heterocycles. The molecule has 0 aliphatic carbocycles. The van der Waals surface area contributed by atoms with E-state index in [0.717, 1.165) is 25.9 Å². The summed E-state index contributed by atoms with van der Waals surface area (Å²) in [6.07, 6.45) is 2.08. The van der Waals surface area contributed by atoms with Crippen molar-refractivity contribution in [2.24, 2.45) is 10.9 Å². The van der Waals surface area contributed by atoms with E-state index in [1.807, 2.05) is 0 Å². The number of benzene rings is 1. The van der Waals surface area contributed by atoms with Crippen molar-refractivity contribution in [3.05, 3.63) is 34.9 Å². The molecule has 0 spiro atoms. The summed E-state index contributed by atoms with van der Waals surface area (Å²) in [6.45, 7) is 6.11. The highest BCUT2D eigenvalue weighted by Crippen LogP contribution is 2.22. The largest absolute Gasteiger partial charge is 0.409 e. The standard InChI is InChI=1S/C14H21N3O/c1-10-5-6-11(2)12(8-10)9-17-7-3-4-13(17)14(15)16-18/h5-6,8,13,18H,3-4,7,9H2,1-2H3,(H2,15,16). The van der Waals surface area contributed by atoms with Gasteiger partial charge < -0.3 is 10.9 Å². The lowest BCUT2D eigenvalue weighted by Gasteiger charge is -2.24. The van der Waals surface area contributed by atoms with E-state index in [4.69, 9.17) is 10.9 Å². The molecule has 1 unspecified atom stereocenters. The van der Waals surface area contributed by atoms with Crippen LogP contribution in [0.25, 0.3) is 0 Å². The third-order valence-electron chi connectivity index (χ3n) is 3.70. The Balaban J connectivity index is 2.15. The summed E-state index contributed by atoms with van der Waals surface area (Å²) in [5, 5.41) is 12.0. The number of likely N-dealkylation sites (tertiary alicyclic amines) is 1. The normalized spacial score (nSPS) is 21.4. The Labute approximate surface area is 108 Å². The molecule has 1 fully saturated rings. The molecule has 1 aromatic rings. The Morgan fingerprint density at radius 1 is 1.50 bits per heavy atom. The van der Waals surface area contributed by atoms with Crippen LogP contribution in [-0.4, -0.2) is 28.5 Å². The number of hydrogen-bond acceptors (Lipinski definition) is 3.